The molecule has 30 heavy (non-hydrogen) atoms. The van der Waals surface area contributed by atoms with Crippen LogP contribution in [0.5, 0.6) is 0 Å². The van der Waals surface area contributed by atoms with Gasteiger partial charge in [-0.3, -0.25) is 19.6 Å². The maximum Gasteiger partial charge on any atom is 0.262 e. The molecule has 2 rings (SSSR count). The van der Waals surface area contributed by atoms with E-state index in [-0.39, 0.29) is 18.2 Å². The fraction of sp³-hybridized carbons (Fsp3) is 0.409. The number of hydrogen-bond donors (Lipinski definition) is 4. The van der Waals surface area contributed by atoms with Gasteiger partial charge in [0, 0.05) is 13.5 Å². The van der Waals surface area contributed by atoms with E-state index in [1.165, 1.54) is 12.5 Å². The highest BCUT2D eigenvalue weighted by molar-refractivity contribution is 6.32. The number of carbonyl (C=O) groups is 3. The average Bonchev–Trinajstić information content (AvgIpc) is 2.74. The standard InChI is InChI=1S/C22H28ClN3O4/c1-13(2)10-17(19(23)22(29)26-30)20(27)25-18(21(28)24-3)12-14-8-9-15-6-4-5-7-16(15)11-14/h4-9,11,13,17-19,30H,10,12H2,1-3H3,(H,24,28)(H,25,27)(H,26,29)/t17-,18+,19-/m1/s1. The summed E-state index contributed by atoms with van der Waals surface area (Å²) in [6.45, 7) is 3.79. The van der Waals surface area contributed by atoms with E-state index in [1.54, 1.807) is 0 Å². The second kappa shape index (κ2) is 10.9. The highest BCUT2D eigenvalue weighted by Gasteiger charge is 2.34. The molecule has 0 saturated heterocycles. The van der Waals surface area contributed by atoms with Gasteiger partial charge in [-0.05, 0) is 28.7 Å². The molecule has 0 spiro atoms. The van der Waals surface area contributed by atoms with Crippen LogP contribution < -0.4 is 16.1 Å². The number of likely N-dealkylation sites (N-methyl/N-ethyl adjacent to an activating group) is 1. The summed E-state index contributed by atoms with van der Waals surface area (Å²) in [6.07, 6.45) is 0.605. The molecule has 0 bridgehead atoms. The number of hydrogen-bond acceptors (Lipinski definition) is 4. The maximum absolute atomic E-state index is 12.9. The van der Waals surface area contributed by atoms with Crippen LogP contribution in [0.4, 0.5) is 0 Å². The number of benzene rings is 2. The third kappa shape index (κ3) is 6.18. The Labute approximate surface area is 181 Å². The summed E-state index contributed by atoms with van der Waals surface area (Å²) in [5.74, 6) is -2.54. The highest BCUT2D eigenvalue weighted by atomic mass is 35.5. The van der Waals surface area contributed by atoms with Crippen molar-refractivity contribution in [3.05, 3.63) is 48.0 Å². The molecule has 0 radical (unpaired) electrons. The molecule has 3 atom stereocenters. The van der Waals surface area contributed by atoms with Gasteiger partial charge in [-0.1, -0.05) is 56.3 Å². The highest BCUT2D eigenvalue weighted by Crippen LogP contribution is 2.22. The lowest BCUT2D eigenvalue weighted by Gasteiger charge is -2.25. The number of amides is 3. The predicted octanol–water partition coefficient (Wildman–Crippen LogP) is 2.39. The first-order valence-electron chi connectivity index (χ1n) is 9.84. The van der Waals surface area contributed by atoms with Crippen LogP contribution >= 0.6 is 11.6 Å². The molecule has 8 heteroatoms. The Morgan fingerprint density at radius 1 is 1.00 bits per heavy atom. The molecule has 0 fully saturated rings. The smallest absolute Gasteiger partial charge is 0.262 e. The van der Waals surface area contributed by atoms with Crippen molar-refractivity contribution in [2.75, 3.05) is 7.05 Å². The van der Waals surface area contributed by atoms with Gasteiger partial charge >= 0.3 is 0 Å². The Kier molecular flexibility index (Phi) is 8.62. The number of rotatable bonds is 9. The Morgan fingerprint density at radius 3 is 2.27 bits per heavy atom. The molecule has 0 aliphatic carbocycles. The third-order valence-corrected chi connectivity index (χ3v) is 5.41. The molecular formula is C22H28ClN3O4. The lowest BCUT2D eigenvalue weighted by atomic mass is 9.92. The van der Waals surface area contributed by atoms with Crippen LogP contribution in [-0.4, -0.2) is 41.4 Å². The minimum Gasteiger partial charge on any atom is -0.357 e. The number of alkyl halides is 1. The molecule has 0 aromatic heterocycles. The fourth-order valence-electron chi connectivity index (χ4n) is 3.38. The molecule has 2 aromatic rings. The van der Waals surface area contributed by atoms with Crippen molar-refractivity contribution in [3.63, 3.8) is 0 Å². The van der Waals surface area contributed by atoms with E-state index in [4.69, 9.17) is 16.8 Å². The third-order valence-electron chi connectivity index (χ3n) is 4.91. The second-order valence-corrected chi connectivity index (χ2v) is 8.15. The lowest BCUT2D eigenvalue weighted by molar-refractivity contribution is -0.136. The quantitative estimate of drug-likeness (QED) is 0.276. The van der Waals surface area contributed by atoms with E-state index in [2.05, 4.69) is 10.6 Å². The van der Waals surface area contributed by atoms with E-state index in [1.807, 2.05) is 56.3 Å². The molecule has 0 aliphatic rings. The van der Waals surface area contributed by atoms with Gasteiger partial charge in [0.2, 0.25) is 11.8 Å². The zero-order valence-electron chi connectivity index (χ0n) is 17.3. The minimum absolute atomic E-state index is 0.0763. The van der Waals surface area contributed by atoms with Crippen molar-refractivity contribution in [2.24, 2.45) is 11.8 Å². The van der Waals surface area contributed by atoms with Crippen LogP contribution in [0.2, 0.25) is 0 Å². The van der Waals surface area contributed by atoms with Crippen LogP contribution in [0.25, 0.3) is 10.8 Å². The first-order valence-corrected chi connectivity index (χ1v) is 10.3. The van der Waals surface area contributed by atoms with Crippen molar-refractivity contribution < 1.29 is 19.6 Å². The molecule has 4 N–H and O–H groups in total. The number of nitrogens with one attached hydrogen (secondary N) is 3. The zero-order chi connectivity index (χ0) is 22.3. The topological polar surface area (TPSA) is 108 Å². The van der Waals surface area contributed by atoms with Crippen LogP contribution in [0.1, 0.15) is 25.8 Å². The normalized spacial score (nSPS) is 14.1. The maximum atomic E-state index is 12.9. The Bertz CT molecular complexity index is 903. The van der Waals surface area contributed by atoms with E-state index in [0.717, 1.165) is 16.3 Å². The van der Waals surface area contributed by atoms with Crippen LogP contribution in [0.3, 0.4) is 0 Å². The number of halogens is 1. The first-order chi connectivity index (χ1) is 14.3. The molecule has 0 aliphatic heterocycles. The molecule has 2 aromatic carbocycles. The summed E-state index contributed by atoms with van der Waals surface area (Å²) in [7, 11) is 1.50. The summed E-state index contributed by atoms with van der Waals surface area (Å²) in [5.41, 5.74) is 2.37. The van der Waals surface area contributed by atoms with Gasteiger partial charge < -0.3 is 10.6 Å². The van der Waals surface area contributed by atoms with Gasteiger partial charge in [-0.25, -0.2) is 5.48 Å². The molecular weight excluding hydrogens is 406 g/mol. The average molecular weight is 434 g/mol. The molecule has 0 heterocycles. The van der Waals surface area contributed by atoms with Crippen molar-refractivity contribution in [2.45, 2.75) is 38.1 Å². The summed E-state index contributed by atoms with van der Waals surface area (Å²) in [6, 6.07) is 12.9. The number of carbonyl (C=O) groups excluding carboxylic acids is 3. The number of fused-ring (bicyclic) bond motifs is 1. The van der Waals surface area contributed by atoms with Crippen LogP contribution in [0.15, 0.2) is 42.5 Å². The first kappa shape index (κ1) is 23.6. The fourth-order valence-corrected chi connectivity index (χ4v) is 3.64. The molecule has 0 saturated carbocycles. The summed E-state index contributed by atoms with van der Waals surface area (Å²) in [4.78, 5) is 37.2. The lowest BCUT2D eigenvalue weighted by Crippen LogP contribution is -2.51. The molecule has 3 amide bonds. The van der Waals surface area contributed by atoms with Gasteiger partial charge in [0.1, 0.15) is 11.4 Å². The van der Waals surface area contributed by atoms with E-state index >= 15 is 0 Å². The molecule has 162 valence electrons. The predicted molar refractivity (Wildman–Crippen MR) is 116 cm³/mol. The summed E-state index contributed by atoms with van der Waals surface area (Å²) >= 11 is 6.13. The number of hydroxylamine groups is 1. The Balaban J connectivity index is 2.23. The summed E-state index contributed by atoms with van der Waals surface area (Å²) in [5, 5.41) is 15.0. The van der Waals surface area contributed by atoms with Crippen molar-refractivity contribution in [1.82, 2.24) is 16.1 Å². The van der Waals surface area contributed by atoms with Gasteiger partial charge in [0.25, 0.3) is 5.91 Å². The zero-order valence-corrected chi connectivity index (χ0v) is 18.1. The van der Waals surface area contributed by atoms with Crippen LogP contribution in [-0.2, 0) is 20.8 Å². The van der Waals surface area contributed by atoms with Gasteiger partial charge in [-0.15, -0.1) is 11.6 Å². The van der Waals surface area contributed by atoms with Crippen molar-refractivity contribution >= 4 is 40.1 Å². The van der Waals surface area contributed by atoms with Gasteiger partial charge in [0.05, 0.1) is 5.92 Å². The van der Waals surface area contributed by atoms with Gasteiger partial charge in [0.15, 0.2) is 0 Å². The van der Waals surface area contributed by atoms with E-state index < -0.39 is 29.2 Å². The second-order valence-electron chi connectivity index (χ2n) is 7.67. The molecule has 7 nitrogen and oxygen atoms in total. The summed E-state index contributed by atoms with van der Waals surface area (Å²) < 4.78 is 0. The van der Waals surface area contributed by atoms with Crippen molar-refractivity contribution in [1.29, 1.82) is 0 Å². The Morgan fingerprint density at radius 2 is 1.67 bits per heavy atom. The van der Waals surface area contributed by atoms with E-state index in [9.17, 15) is 14.4 Å². The van der Waals surface area contributed by atoms with E-state index in [0.29, 0.717) is 6.42 Å². The minimum atomic E-state index is -1.26. The SMILES string of the molecule is CNC(=O)[C@H](Cc1ccc2ccccc2c1)NC(=O)[C@H](CC(C)C)[C@@H](Cl)C(=O)NO. The largest absolute Gasteiger partial charge is 0.357 e. The van der Waals surface area contributed by atoms with Crippen LogP contribution in [0, 0.1) is 11.8 Å². The van der Waals surface area contributed by atoms with Gasteiger partial charge in [-0.2, -0.15) is 0 Å². The monoisotopic (exact) mass is 433 g/mol. The Hall–Kier alpha value is -2.64. The van der Waals surface area contributed by atoms with Crippen molar-refractivity contribution in [3.8, 4) is 0 Å². The molecule has 0 unspecified atom stereocenters.